The molecular formula is C16H18N2O2. The van der Waals surface area contributed by atoms with Crippen molar-refractivity contribution < 1.29 is 9.90 Å². The predicted molar refractivity (Wildman–Crippen MR) is 78.7 cm³/mol. The SMILES string of the molecule is O=C(O)C1CCC(Nc2cccc3ncccc23)CC1. The van der Waals surface area contributed by atoms with Gasteiger partial charge in [0.2, 0.25) is 0 Å². The van der Waals surface area contributed by atoms with Crippen molar-refractivity contribution in [2.45, 2.75) is 31.7 Å². The maximum atomic E-state index is 11.0. The zero-order chi connectivity index (χ0) is 13.9. The maximum Gasteiger partial charge on any atom is 0.306 e. The molecule has 2 N–H and O–H groups in total. The quantitative estimate of drug-likeness (QED) is 0.898. The van der Waals surface area contributed by atoms with Gasteiger partial charge in [-0.3, -0.25) is 9.78 Å². The number of fused-ring (bicyclic) bond motifs is 1. The van der Waals surface area contributed by atoms with Crippen molar-refractivity contribution in [2.24, 2.45) is 5.92 Å². The highest BCUT2D eigenvalue weighted by Gasteiger charge is 2.25. The van der Waals surface area contributed by atoms with E-state index in [9.17, 15) is 4.79 Å². The van der Waals surface area contributed by atoms with Crippen LogP contribution < -0.4 is 5.32 Å². The first-order valence-corrected chi connectivity index (χ1v) is 7.07. The minimum atomic E-state index is -0.655. The second kappa shape index (κ2) is 5.49. The van der Waals surface area contributed by atoms with Gasteiger partial charge < -0.3 is 10.4 Å². The second-order valence-electron chi connectivity index (χ2n) is 5.41. The van der Waals surface area contributed by atoms with E-state index in [1.165, 1.54) is 0 Å². The molecule has 1 aromatic heterocycles. The lowest BCUT2D eigenvalue weighted by Gasteiger charge is -2.28. The lowest BCUT2D eigenvalue weighted by Crippen LogP contribution is -2.29. The molecule has 1 fully saturated rings. The zero-order valence-electron chi connectivity index (χ0n) is 11.2. The predicted octanol–water partition coefficient (Wildman–Crippen LogP) is 3.29. The minimum Gasteiger partial charge on any atom is -0.481 e. The summed E-state index contributed by atoms with van der Waals surface area (Å²) in [6.07, 6.45) is 5.14. The molecule has 4 nitrogen and oxygen atoms in total. The fourth-order valence-corrected chi connectivity index (χ4v) is 2.93. The third-order valence-electron chi connectivity index (χ3n) is 4.08. The third-order valence-corrected chi connectivity index (χ3v) is 4.08. The molecule has 0 radical (unpaired) electrons. The molecule has 4 heteroatoms. The van der Waals surface area contributed by atoms with E-state index in [2.05, 4.69) is 22.4 Å². The lowest BCUT2D eigenvalue weighted by molar-refractivity contribution is -0.142. The fourth-order valence-electron chi connectivity index (χ4n) is 2.93. The Kier molecular flexibility index (Phi) is 3.54. The maximum absolute atomic E-state index is 11.0. The van der Waals surface area contributed by atoms with Crippen LogP contribution in [0.3, 0.4) is 0 Å². The Labute approximate surface area is 117 Å². The van der Waals surface area contributed by atoms with Gasteiger partial charge in [-0.05, 0) is 49.9 Å². The first kappa shape index (κ1) is 12.9. The Morgan fingerprint density at radius 3 is 2.70 bits per heavy atom. The molecule has 0 unspecified atom stereocenters. The summed E-state index contributed by atoms with van der Waals surface area (Å²) >= 11 is 0. The average Bonchev–Trinajstić information content (AvgIpc) is 2.48. The number of carbonyl (C=O) groups is 1. The number of pyridine rings is 1. The number of carboxylic acids is 1. The van der Waals surface area contributed by atoms with Crippen molar-refractivity contribution in [3.63, 3.8) is 0 Å². The number of nitrogens with one attached hydrogen (secondary N) is 1. The van der Waals surface area contributed by atoms with Crippen LogP contribution in [-0.4, -0.2) is 22.1 Å². The molecular weight excluding hydrogens is 252 g/mol. The summed E-state index contributed by atoms with van der Waals surface area (Å²) in [5, 5.41) is 13.7. The van der Waals surface area contributed by atoms with Crippen LogP contribution in [0.1, 0.15) is 25.7 Å². The molecule has 1 aromatic carbocycles. The topological polar surface area (TPSA) is 62.2 Å². The van der Waals surface area contributed by atoms with Gasteiger partial charge in [0.1, 0.15) is 0 Å². The highest BCUT2D eigenvalue weighted by atomic mass is 16.4. The zero-order valence-corrected chi connectivity index (χ0v) is 11.2. The lowest BCUT2D eigenvalue weighted by atomic mass is 9.86. The minimum absolute atomic E-state index is 0.165. The van der Waals surface area contributed by atoms with Crippen LogP contribution in [0.2, 0.25) is 0 Å². The first-order valence-electron chi connectivity index (χ1n) is 7.07. The van der Waals surface area contributed by atoms with E-state index in [0.717, 1.165) is 42.3 Å². The normalized spacial score (nSPS) is 22.6. The molecule has 0 amide bonds. The molecule has 1 heterocycles. The van der Waals surface area contributed by atoms with Gasteiger partial charge in [0.25, 0.3) is 0 Å². The van der Waals surface area contributed by atoms with E-state index in [-0.39, 0.29) is 5.92 Å². The number of hydrogen-bond acceptors (Lipinski definition) is 3. The molecule has 1 aliphatic rings. The van der Waals surface area contributed by atoms with Gasteiger partial charge in [0, 0.05) is 23.3 Å². The van der Waals surface area contributed by atoms with Crippen molar-refractivity contribution >= 4 is 22.6 Å². The van der Waals surface area contributed by atoms with Crippen LogP contribution in [0.5, 0.6) is 0 Å². The summed E-state index contributed by atoms with van der Waals surface area (Å²) in [6.45, 7) is 0. The number of carboxylic acid groups (broad SMARTS) is 1. The van der Waals surface area contributed by atoms with E-state index in [0.29, 0.717) is 6.04 Å². The van der Waals surface area contributed by atoms with Gasteiger partial charge in [-0.25, -0.2) is 0 Å². The molecule has 104 valence electrons. The van der Waals surface area contributed by atoms with Crippen LogP contribution in [0.25, 0.3) is 10.9 Å². The summed E-state index contributed by atoms with van der Waals surface area (Å²) < 4.78 is 0. The highest BCUT2D eigenvalue weighted by Crippen LogP contribution is 2.29. The number of anilines is 1. The number of benzene rings is 1. The summed E-state index contributed by atoms with van der Waals surface area (Å²) in [5.41, 5.74) is 2.08. The van der Waals surface area contributed by atoms with E-state index < -0.39 is 5.97 Å². The Morgan fingerprint density at radius 1 is 1.15 bits per heavy atom. The molecule has 2 aromatic rings. The highest BCUT2D eigenvalue weighted by molar-refractivity contribution is 5.91. The Balaban J connectivity index is 1.73. The van der Waals surface area contributed by atoms with E-state index in [4.69, 9.17) is 5.11 Å². The van der Waals surface area contributed by atoms with Gasteiger partial charge in [-0.1, -0.05) is 6.07 Å². The van der Waals surface area contributed by atoms with Crippen LogP contribution in [0.15, 0.2) is 36.5 Å². The molecule has 3 rings (SSSR count). The Hall–Kier alpha value is -2.10. The number of hydrogen-bond donors (Lipinski definition) is 2. The molecule has 0 aliphatic heterocycles. The van der Waals surface area contributed by atoms with Crippen LogP contribution in [0.4, 0.5) is 5.69 Å². The summed E-state index contributed by atoms with van der Waals surface area (Å²) in [6, 6.07) is 10.4. The average molecular weight is 270 g/mol. The fraction of sp³-hybridized carbons (Fsp3) is 0.375. The molecule has 1 saturated carbocycles. The van der Waals surface area contributed by atoms with Crippen molar-refractivity contribution in [1.29, 1.82) is 0 Å². The molecule has 0 saturated heterocycles. The van der Waals surface area contributed by atoms with Crippen molar-refractivity contribution in [3.8, 4) is 0 Å². The molecule has 0 atom stereocenters. The summed E-state index contributed by atoms with van der Waals surface area (Å²) in [7, 11) is 0. The second-order valence-corrected chi connectivity index (χ2v) is 5.41. The summed E-state index contributed by atoms with van der Waals surface area (Å²) in [4.78, 5) is 15.3. The van der Waals surface area contributed by atoms with Gasteiger partial charge in [-0.15, -0.1) is 0 Å². The van der Waals surface area contributed by atoms with Crippen molar-refractivity contribution in [3.05, 3.63) is 36.5 Å². The van der Waals surface area contributed by atoms with Crippen molar-refractivity contribution in [2.75, 3.05) is 5.32 Å². The van der Waals surface area contributed by atoms with E-state index >= 15 is 0 Å². The number of aromatic nitrogens is 1. The van der Waals surface area contributed by atoms with Gasteiger partial charge in [0.05, 0.1) is 11.4 Å². The van der Waals surface area contributed by atoms with Gasteiger partial charge in [-0.2, -0.15) is 0 Å². The van der Waals surface area contributed by atoms with E-state index in [1.807, 2.05) is 18.2 Å². The number of rotatable bonds is 3. The molecule has 0 spiro atoms. The van der Waals surface area contributed by atoms with Gasteiger partial charge >= 0.3 is 5.97 Å². The summed E-state index contributed by atoms with van der Waals surface area (Å²) in [5.74, 6) is -0.819. The van der Waals surface area contributed by atoms with E-state index in [1.54, 1.807) is 6.20 Å². The Morgan fingerprint density at radius 2 is 1.95 bits per heavy atom. The van der Waals surface area contributed by atoms with Crippen molar-refractivity contribution in [1.82, 2.24) is 4.98 Å². The smallest absolute Gasteiger partial charge is 0.306 e. The van der Waals surface area contributed by atoms with Crippen LogP contribution >= 0.6 is 0 Å². The first-order chi connectivity index (χ1) is 9.74. The van der Waals surface area contributed by atoms with Gasteiger partial charge in [0.15, 0.2) is 0 Å². The monoisotopic (exact) mass is 270 g/mol. The van der Waals surface area contributed by atoms with Crippen LogP contribution in [-0.2, 0) is 4.79 Å². The third kappa shape index (κ3) is 2.59. The molecule has 0 bridgehead atoms. The number of nitrogens with zero attached hydrogens (tertiary/aromatic N) is 1. The standard InChI is InChI=1S/C16H18N2O2/c19-16(20)11-6-8-12(9-7-11)18-15-5-1-4-14-13(15)3-2-10-17-14/h1-5,10-12,18H,6-9H2,(H,19,20). The molecule has 20 heavy (non-hydrogen) atoms. The Bertz CT molecular complexity index is 613. The van der Waals surface area contributed by atoms with Crippen LogP contribution in [0, 0.1) is 5.92 Å². The number of aliphatic carboxylic acids is 1. The molecule has 1 aliphatic carbocycles. The largest absolute Gasteiger partial charge is 0.481 e.